The van der Waals surface area contributed by atoms with Crippen molar-refractivity contribution in [2.75, 3.05) is 31.6 Å². The molecule has 5 nitrogen and oxygen atoms in total. The monoisotopic (exact) mass is 361 g/mol. The summed E-state index contributed by atoms with van der Waals surface area (Å²) in [4.78, 5) is 18.9. The SMILES string of the molecule is CCN(CC)CCOc1ccccc1NC(=O)c1cnc(C)cc1Cl. The first kappa shape index (κ1) is 19.2. The molecule has 0 atom stereocenters. The average Bonchev–Trinajstić information content (AvgIpc) is 2.60. The van der Waals surface area contributed by atoms with Gasteiger partial charge in [-0.3, -0.25) is 9.78 Å². The lowest BCUT2D eigenvalue weighted by molar-refractivity contribution is 0.102. The Morgan fingerprint density at radius 1 is 1.28 bits per heavy atom. The number of carbonyl (C=O) groups is 1. The van der Waals surface area contributed by atoms with Crippen LogP contribution in [0.4, 0.5) is 5.69 Å². The Morgan fingerprint density at radius 3 is 2.68 bits per heavy atom. The zero-order valence-electron chi connectivity index (χ0n) is 14.9. The number of nitrogens with one attached hydrogen (secondary N) is 1. The molecule has 0 unspecified atom stereocenters. The third kappa shape index (κ3) is 5.44. The molecular formula is C19H24ClN3O2. The van der Waals surface area contributed by atoms with E-state index in [0.717, 1.165) is 25.3 Å². The number of aryl methyl sites for hydroxylation is 1. The number of rotatable bonds is 8. The molecule has 0 aliphatic carbocycles. The predicted molar refractivity (Wildman–Crippen MR) is 102 cm³/mol. The summed E-state index contributed by atoms with van der Waals surface area (Å²) < 4.78 is 5.85. The fourth-order valence-corrected chi connectivity index (χ4v) is 2.70. The standard InChI is InChI=1S/C19H24ClN3O2/c1-4-23(5-2)10-11-25-18-9-7-6-8-17(18)22-19(24)15-13-21-14(3)12-16(15)20/h6-9,12-13H,4-5,10-11H2,1-3H3,(H,22,24). The van der Waals surface area contributed by atoms with E-state index < -0.39 is 0 Å². The largest absolute Gasteiger partial charge is 0.490 e. The van der Waals surface area contributed by atoms with E-state index >= 15 is 0 Å². The number of benzene rings is 1. The van der Waals surface area contributed by atoms with Crippen LogP contribution in [0.1, 0.15) is 29.9 Å². The molecule has 0 radical (unpaired) electrons. The summed E-state index contributed by atoms with van der Waals surface area (Å²) in [5.41, 5.74) is 1.72. The number of likely N-dealkylation sites (N-methyl/N-ethyl adjacent to an activating group) is 1. The van der Waals surface area contributed by atoms with Gasteiger partial charge < -0.3 is 15.0 Å². The Hall–Kier alpha value is -2.11. The van der Waals surface area contributed by atoms with Crippen molar-refractivity contribution in [2.45, 2.75) is 20.8 Å². The first-order valence-corrected chi connectivity index (χ1v) is 8.80. The minimum Gasteiger partial charge on any atom is -0.490 e. The number of ether oxygens (including phenoxy) is 1. The van der Waals surface area contributed by atoms with Gasteiger partial charge in [0.25, 0.3) is 5.91 Å². The summed E-state index contributed by atoms with van der Waals surface area (Å²) in [6.07, 6.45) is 1.48. The molecule has 0 aliphatic heterocycles. The Balaban J connectivity index is 2.05. The molecule has 0 fully saturated rings. The van der Waals surface area contributed by atoms with Crippen LogP contribution in [0.15, 0.2) is 36.5 Å². The summed E-state index contributed by atoms with van der Waals surface area (Å²) in [6.45, 7) is 9.43. The molecule has 1 heterocycles. The van der Waals surface area contributed by atoms with E-state index in [1.165, 1.54) is 6.20 Å². The van der Waals surface area contributed by atoms with E-state index in [4.69, 9.17) is 16.3 Å². The molecule has 1 aromatic heterocycles. The molecule has 6 heteroatoms. The molecule has 134 valence electrons. The van der Waals surface area contributed by atoms with Crippen LogP contribution in [-0.2, 0) is 0 Å². The van der Waals surface area contributed by atoms with E-state index in [1.54, 1.807) is 12.1 Å². The van der Waals surface area contributed by atoms with Crippen LogP contribution in [0.3, 0.4) is 0 Å². The van der Waals surface area contributed by atoms with Crippen LogP contribution in [0.5, 0.6) is 5.75 Å². The molecule has 0 saturated heterocycles. The first-order chi connectivity index (χ1) is 12.0. The molecular weight excluding hydrogens is 338 g/mol. The second-order valence-corrected chi connectivity index (χ2v) is 6.04. The quantitative estimate of drug-likeness (QED) is 0.771. The zero-order chi connectivity index (χ0) is 18.2. The minimum absolute atomic E-state index is 0.308. The van der Waals surface area contributed by atoms with Crippen LogP contribution in [0, 0.1) is 6.92 Å². The molecule has 0 bridgehead atoms. The lowest BCUT2D eigenvalue weighted by Crippen LogP contribution is -2.28. The summed E-state index contributed by atoms with van der Waals surface area (Å²) in [6, 6.07) is 9.04. The van der Waals surface area contributed by atoms with Gasteiger partial charge in [0.1, 0.15) is 12.4 Å². The van der Waals surface area contributed by atoms with E-state index in [1.807, 2.05) is 25.1 Å². The number of halogens is 1. The average molecular weight is 362 g/mol. The van der Waals surface area contributed by atoms with E-state index in [-0.39, 0.29) is 5.91 Å². The highest BCUT2D eigenvalue weighted by Gasteiger charge is 2.14. The highest BCUT2D eigenvalue weighted by Crippen LogP contribution is 2.25. The Morgan fingerprint density at radius 2 is 2.00 bits per heavy atom. The van der Waals surface area contributed by atoms with Gasteiger partial charge in [-0.15, -0.1) is 0 Å². The number of amides is 1. The van der Waals surface area contributed by atoms with Gasteiger partial charge in [0.2, 0.25) is 0 Å². The van der Waals surface area contributed by atoms with Crippen LogP contribution < -0.4 is 10.1 Å². The van der Waals surface area contributed by atoms with Gasteiger partial charge in [-0.05, 0) is 38.2 Å². The summed E-state index contributed by atoms with van der Waals surface area (Å²) in [5, 5.41) is 3.23. The lowest BCUT2D eigenvalue weighted by atomic mass is 10.2. The van der Waals surface area contributed by atoms with Crippen molar-refractivity contribution in [3.63, 3.8) is 0 Å². The first-order valence-electron chi connectivity index (χ1n) is 8.42. The van der Waals surface area contributed by atoms with Gasteiger partial charge in [-0.2, -0.15) is 0 Å². The van der Waals surface area contributed by atoms with E-state index in [0.29, 0.717) is 28.6 Å². The van der Waals surface area contributed by atoms with Crippen LogP contribution in [0.2, 0.25) is 5.02 Å². The van der Waals surface area contributed by atoms with Gasteiger partial charge in [-0.25, -0.2) is 0 Å². The summed E-state index contributed by atoms with van der Waals surface area (Å²) >= 11 is 6.14. The van der Waals surface area contributed by atoms with Crippen molar-refractivity contribution in [3.8, 4) is 5.75 Å². The van der Waals surface area contributed by atoms with Crippen molar-refractivity contribution >= 4 is 23.2 Å². The van der Waals surface area contributed by atoms with Gasteiger partial charge in [0, 0.05) is 18.4 Å². The minimum atomic E-state index is -0.308. The maximum atomic E-state index is 12.5. The number of hydrogen-bond donors (Lipinski definition) is 1. The molecule has 0 saturated carbocycles. The smallest absolute Gasteiger partial charge is 0.258 e. The van der Waals surface area contributed by atoms with Crippen LogP contribution in [0.25, 0.3) is 0 Å². The van der Waals surface area contributed by atoms with Crippen molar-refractivity contribution in [2.24, 2.45) is 0 Å². The zero-order valence-corrected chi connectivity index (χ0v) is 15.6. The molecule has 25 heavy (non-hydrogen) atoms. The van der Waals surface area contributed by atoms with E-state index in [9.17, 15) is 4.79 Å². The normalized spacial score (nSPS) is 10.8. The highest BCUT2D eigenvalue weighted by molar-refractivity contribution is 6.34. The predicted octanol–water partition coefficient (Wildman–Crippen LogP) is 4.02. The number of pyridine rings is 1. The molecule has 1 amide bonds. The van der Waals surface area contributed by atoms with Crippen molar-refractivity contribution < 1.29 is 9.53 Å². The van der Waals surface area contributed by atoms with Gasteiger partial charge in [0.05, 0.1) is 16.3 Å². The van der Waals surface area contributed by atoms with E-state index in [2.05, 4.69) is 29.0 Å². The van der Waals surface area contributed by atoms with Crippen molar-refractivity contribution in [1.82, 2.24) is 9.88 Å². The molecule has 1 N–H and O–H groups in total. The molecule has 0 spiro atoms. The number of anilines is 1. The Bertz CT molecular complexity index is 718. The van der Waals surface area contributed by atoms with Crippen LogP contribution in [-0.4, -0.2) is 42.0 Å². The third-order valence-electron chi connectivity index (χ3n) is 3.93. The van der Waals surface area contributed by atoms with Crippen LogP contribution >= 0.6 is 11.6 Å². The third-order valence-corrected chi connectivity index (χ3v) is 4.24. The van der Waals surface area contributed by atoms with Crippen molar-refractivity contribution in [3.05, 3.63) is 52.8 Å². The molecule has 2 aromatic rings. The maximum Gasteiger partial charge on any atom is 0.258 e. The molecule has 2 rings (SSSR count). The highest BCUT2D eigenvalue weighted by atomic mass is 35.5. The summed E-state index contributed by atoms with van der Waals surface area (Å²) in [7, 11) is 0. The fraction of sp³-hybridized carbons (Fsp3) is 0.368. The number of aromatic nitrogens is 1. The number of para-hydroxylation sites is 2. The van der Waals surface area contributed by atoms with Gasteiger partial charge in [-0.1, -0.05) is 37.6 Å². The maximum absolute atomic E-state index is 12.5. The summed E-state index contributed by atoms with van der Waals surface area (Å²) in [5.74, 6) is 0.330. The second kappa shape index (κ2) is 9.39. The number of nitrogens with zero attached hydrogens (tertiary/aromatic N) is 2. The van der Waals surface area contributed by atoms with Crippen molar-refractivity contribution in [1.29, 1.82) is 0 Å². The molecule has 0 aliphatic rings. The second-order valence-electron chi connectivity index (χ2n) is 5.63. The van der Waals surface area contributed by atoms with Gasteiger partial charge in [0.15, 0.2) is 0 Å². The number of carbonyl (C=O) groups excluding carboxylic acids is 1. The number of hydrogen-bond acceptors (Lipinski definition) is 4. The topological polar surface area (TPSA) is 54.5 Å². The van der Waals surface area contributed by atoms with Gasteiger partial charge >= 0.3 is 0 Å². The fourth-order valence-electron chi connectivity index (χ4n) is 2.40. The Labute approximate surface area is 154 Å². The molecule has 1 aromatic carbocycles. The lowest BCUT2D eigenvalue weighted by Gasteiger charge is -2.19. The Kier molecular flexibility index (Phi) is 7.22.